The summed E-state index contributed by atoms with van der Waals surface area (Å²) in [5.74, 6) is -0.948. The van der Waals surface area contributed by atoms with Crippen LogP contribution in [0, 0.1) is 0 Å². The Kier molecular flexibility index (Phi) is 7.37. The molecule has 29 heavy (non-hydrogen) atoms. The number of amides is 1. The number of anilines is 1. The fraction of sp³-hybridized carbons (Fsp3) is 0.238. The molecule has 0 aliphatic carbocycles. The number of aromatic nitrogens is 2. The number of hydrogen-bond donors (Lipinski definition) is 1. The molecule has 0 saturated carbocycles. The molecular formula is C21H21N3O3S2. The average Bonchev–Trinajstić information content (AvgIpc) is 3.16. The van der Waals surface area contributed by atoms with Crippen LogP contribution in [0.3, 0.4) is 0 Å². The maximum absolute atomic E-state index is 13.1. The minimum Gasteiger partial charge on any atom is -0.465 e. The molecule has 8 heteroatoms. The van der Waals surface area contributed by atoms with E-state index in [0.717, 1.165) is 11.1 Å². The number of thioether (sulfide) groups is 1. The van der Waals surface area contributed by atoms with Gasteiger partial charge < -0.3 is 4.74 Å². The first-order valence-corrected chi connectivity index (χ1v) is 10.9. The molecule has 0 spiro atoms. The second kappa shape index (κ2) is 10.2. The zero-order valence-corrected chi connectivity index (χ0v) is 17.7. The van der Waals surface area contributed by atoms with Gasteiger partial charge in [0.15, 0.2) is 4.34 Å². The summed E-state index contributed by atoms with van der Waals surface area (Å²) in [5, 5.41) is 11.0. The van der Waals surface area contributed by atoms with Gasteiger partial charge >= 0.3 is 5.97 Å². The van der Waals surface area contributed by atoms with E-state index >= 15 is 0 Å². The standard InChI is InChI=1S/C21H21N3O3S2/c1-3-27-19(26)14(2)28-21-24-23-20(29-21)22-18(25)17(15-10-6-4-7-11-15)16-12-8-5-9-13-16/h4-14,17H,3H2,1-2H3,(H,22,23,25). The lowest BCUT2D eigenvalue weighted by Crippen LogP contribution is -2.22. The second-order valence-electron chi connectivity index (χ2n) is 6.13. The van der Waals surface area contributed by atoms with Crippen LogP contribution in [-0.4, -0.2) is 33.9 Å². The predicted molar refractivity (Wildman–Crippen MR) is 115 cm³/mol. The van der Waals surface area contributed by atoms with E-state index in [1.807, 2.05) is 60.7 Å². The highest BCUT2D eigenvalue weighted by Crippen LogP contribution is 2.31. The van der Waals surface area contributed by atoms with Gasteiger partial charge in [-0.05, 0) is 25.0 Å². The SMILES string of the molecule is CCOC(=O)C(C)Sc1nnc(NC(=O)C(c2ccccc2)c2ccccc2)s1. The molecule has 150 valence electrons. The molecule has 1 heterocycles. The van der Waals surface area contributed by atoms with Gasteiger partial charge in [0.25, 0.3) is 0 Å². The van der Waals surface area contributed by atoms with Gasteiger partial charge in [0.2, 0.25) is 11.0 Å². The van der Waals surface area contributed by atoms with Crippen LogP contribution in [0.2, 0.25) is 0 Å². The van der Waals surface area contributed by atoms with Crippen LogP contribution in [-0.2, 0) is 14.3 Å². The summed E-state index contributed by atoms with van der Waals surface area (Å²) in [5.41, 5.74) is 1.79. The van der Waals surface area contributed by atoms with Crippen molar-refractivity contribution in [3.05, 3.63) is 71.8 Å². The van der Waals surface area contributed by atoms with Gasteiger partial charge in [-0.1, -0.05) is 83.8 Å². The summed E-state index contributed by atoms with van der Waals surface area (Å²) >= 11 is 2.49. The Morgan fingerprint density at radius 3 is 2.17 bits per heavy atom. The monoisotopic (exact) mass is 427 g/mol. The molecular weight excluding hydrogens is 406 g/mol. The van der Waals surface area contributed by atoms with Crippen molar-refractivity contribution in [2.45, 2.75) is 29.4 Å². The van der Waals surface area contributed by atoms with E-state index in [-0.39, 0.29) is 11.9 Å². The number of esters is 1. The summed E-state index contributed by atoms with van der Waals surface area (Å²) in [4.78, 5) is 24.9. The first-order valence-electron chi connectivity index (χ1n) is 9.16. The normalized spacial score (nSPS) is 11.8. The van der Waals surface area contributed by atoms with Gasteiger partial charge in [-0.15, -0.1) is 10.2 Å². The Bertz CT molecular complexity index is 909. The highest BCUT2D eigenvalue weighted by atomic mass is 32.2. The highest BCUT2D eigenvalue weighted by molar-refractivity contribution is 8.02. The number of nitrogens with one attached hydrogen (secondary N) is 1. The van der Waals surface area contributed by atoms with Gasteiger partial charge in [-0.25, -0.2) is 0 Å². The molecule has 1 amide bonds. The van der Waals surface area contributed by atoms with Crippen LogP contribution in [0.15, 0.2) is 65.0 Å². The van der Waals surface area contributed by atoms with Crippen molar-refractivity contribution in [1.82, 2.24) is 10.2 Å². The number of carbonyl (C=O) groups excluding carboxylic acids is 2. The van der Waals surface area contributed by atoms with Crippen LogP contribution in [0.5, 0.6) is 0 Å². The maximum atomic E-state index is 13.1. The number of carbonyl (C=O) groups is 2. The summed E-state index contributed by atoms with van der Waals surface area (Å²) in [6.07, 6.45) is 0. The van der Waals surface area contributed by atoms with Crippen molar-refractivity contribution >= 4 is 40.1 Å². The average molecular weight is 428 g/mol. The first-order chi connectivity index (χ1) is 14.1. The molecule has 3 rings (SSSR count). The topological polar surface area (TPSA) is 81.2 Å². The number of hydrogen-bond acceptors (Lipinski definition) is 7. The molecule has 0 aliphatic rings. The minimum atomic E-state index is -0.462. The molecule has 0 saturated heterocycles. The molecule has 0 bridgehead atoms. The zero-order valence-electron chi connectivity index (χ0n) is 16.1. The summed E-state index contributed by atoms with van der Waals surface area (Å²) in [6.45, 7) is 3.86. The van der Waals surface area contributed by atoms with Crippen molar-refractivity contribution in [2.24, 2.45) is 0 Å². The molecule has 3 aromatic rings. The minimum absolute atomic E-state index is 0.187. The zero-order chi connectivity index (χ0) is 20.6. The Morgan fingerprint density at radius 1 is 1.03 bits per heavy atom. The van der Waals surface area contributed by atoms with Gasteiger partial charge in [0, 0.05) is 0 Å². The van der Waals surface area contributed by atoms with Crippen LogP contribution in [0.1, 0.15) is 30.9 Å². The van der Waals surface area contributed by atoms with E-state index < -0.39 is 11.2 Å². The van der Waals surface area contributed by atoms with Crippen molar-refractivity contribution in [1.29, 1.82) is 0 Å². The number of ether oxygens (including phenoxy) is 1. The summed E-state index contributed by atoms with van der Waals surface area (Å²) < 4.78 is 5.60. The fourth-order valence-electron chi connectivity index (χ4n) is 2.73. The van der Waals surface area contributed by atoms with Gasteiger partial charge in [-0.2, -0.15) is 0 Å². The maximum Gasteiger partial charge on any atom is 0.319 e. The predicted octanol–water partition coefficient (Wildman–Crippen LogP) is 4.35. The van der Waals surface area contributed by atoms with E-state index in [4.69, 9.17) is 4.74 Å². The summed E-state index contributed by atoms with van der Waals surface area (Å²) in [7, 11) is 0. The fourth-order valence-corrected chi connectivity index (χ4v) is 4.63. The summed E-state index contributed by atoms with van der Waals surface area (Å²) in [6, 6.07) is 19.2. The lowest BCUT2D eigenvalue weighted by molar-refractivity contribution is -0.142. The van der Waals surface area contributed by atoms with Gasteiger partial charge in [0.05, 0.1) is 12.5 Å². The van der Waals surface area contributed by atoms with Crippen LogP contribution >= 0.6 is 23.1 Å². The molecule has 0 fully saturated rings. The second-order valence-corrected chi connectivity index (χ2v) is 8.69. The molecule has 1 N–H and O–H groups in total. The lowest BCUT2D eigenvalue weighted by Gasteiger charge is -2.16. The molecule has 1 atom stereocenters. The van der Waals surface area contributed by atoms with Crippen molar-refractivity contribution < 1.29 is 14.3 Å². The third-order valence-corrected chi connectivity index (χ3v) is 6.06. The number of rotatable bonds is 8. The van der Waals surface area contributed by atoms with E-state index in [1.54, 1.807) is 13.8 Å². The Balaban J connectivity index is 1.74. The Hall–Kier alpha value is -2.71. The molecule has 0 aliphatic heterocycles. The van der Waals surface area contributed by atoms with Crippen molar-refractivity contribution in [2.75, 3.05) is 11.9 Å². The third-order valence-electron chi connectivity index (χ3n) is 4.06. The molecule has 1 unspecified atom stereocenters. The molecule has 1 aromatic heterocycles. The quantitative estimate of drug-likeness (QED) is 0.327. The van der Waals surface area contributed by atoms with Crippen LogP contribution in [0.25, 0.3) is 0 Å². The molecule has 2 aromatic carbocycles. The number of benzene rings is 2. The van der Waals surface area contributed by atoms with E-state index in [9.17, 15) is 9.59 Å². The van der Waals surface area contributed by atoms with Crippen molar-refractivity contribution in [3.8, 4) is 0 Å². The largest absolute Gasteiger partial charge is 0.465 e. The highest BCUT2D eigenvalue weighted by Gasteiger charge is 2.24. The van der Waals surface area contributed by atoms with E-state index in [1.165, 1.54) is 23.1 Å². The van der Waals surface area contributed by atoms with E-state index in [0.29, 0.717) is 16.1 Å². The van der Waals surface area contributed by atoms with Gasteiger partial charge in [-0.3, -0.25) is 14.9 Å². The third kappa shape index (κ3) is 5.65. The van der Waals surface area contributed by atoms with Crippen LogP contribution < -0.4 is 5.32 Å². The van der Waals surface area contributed by atoms with E-state index in [2.05, 4.69) is 15.5 Å². The molecule has 0 radical (unpaired) electrons. The first kappa shape index (κ1) is 21.0. The van der Waals surface area contributed by atoms with Gasteiger partial charge in [0.1, 0.15) is 5.25 Å². The smallest absolute Gasteiger partial charge is 0.319 e. The molecule has 6 nitrogen and oxygen atoms in total. The Labute approximate surface area is 177 Å². The van der Waals surface area contributed by atoms with Crippen molar-refractivity contribution in [3.63, 3.8) is 0 Å². The number of nitrogens with zero attached hydrogens (tertiary/aromatic N) is 2. The van der Waals surface area contributed by atoms with Crippen LogP contribution in [0.4, 0.5) is 5.13 Å². The Morgan fingerprint density at radius 2 is 1.62 bits per heavy atom. The lowest BCUT2D eigenvalue weighted by atomic mass is 9.90.